The maximum Gasteiger partial charge on any atom is 0.418 e. The van der Waals surface area contributed by atoms with Gasteiger partial charge in [0.1, 0.15) is 0 Å². The van der Waals surface area contributed by atoms with Gasteiger partial charge in [-0.3, -0.25) is 9.78 Å². The van der Waals surface area contributed by atoms with Crippen molar-refractivity contribution in [3.63, 3.8) is 0 Å². The molecule has 164 valence electrons. The van der Waals surface area contributed by atoms with Crippen LogP contribution < -0.4 is 16.0 Å². The predicted molar refractivity (Wildman–Crippen MR) is 112 cm³/mol. The minimum atomic E-state index is -4.47. The number of rotatable bonds is 5. The predicted octanol–water partition coefficient (Wildman–Crippen LogP) is 3.96. The van der Waals surface area contributed by atoms with E-state index in [1.54, 1.807) is 12.1 Å². The Morgan fingerprint density at radius 3 is 2.67 bits per heavy atom. The molecule has 8 heteroatoms. The first-order valence-corrected chi connectivity index (χ1v) is 10.2. The summed E-state index contributed by atoms with van der Waals surface area (Å²) in [5.74, 6) is 0.226. The van der Waals surface area contributed by atoms with Gasteiger partial charge >= 0.3 is 6.18 Å². The van der Waals surface area contributed by atoms with Crippen molar-refractivity contribution in [1.29, 1.82) is 0 Å². The second-order valence-corrected chi connectivity index (χ2v) is 9.08. The van der Waals surface area contributed by atoms with Crippen LogP contribution >= 0.6 is 0 Å². The Morgan fingerprint density at radius 2 is 2.00 bits per heavy atom. The van der Waals surface area contributed by atoms with E-state index >= 15 is 0 Å². The molecule has 0 bridgehead atoms. The maximum atomic E-state index is 13.4. The smallest absolute Gasteiger partial charge is 0.369 e. The van der Waals surface area contributed by atoms with Crippen molar-refractivity contribution in [1.82, 2.24) is 10.3 Å². The molecule has 0 unspecified atom stereocenters. The summed E-state index contributed by atoms with van der Waals surface area (Å²) in [6, 6.07) is 5.85. The number of alkyl halides is 3. The molecular weight excluding hydrogens is 393 g/mol. The number of nitrogens with two attached hydrogens (primary N) is 1. The van der Waals surface area contributed by atoms with Crippen LogP contribution in [0.2, 0.25) is 0 Å². The summed E-state index contributed by atoms with van der Waals surface area (Å²) in [6.45, 7) is 7.63. The molecule has 2 heterocycles. The number of halogens is 3. The molecule has 1 amide bonds. The molecule has 0 radical (unpaired) electrons. The van der Waals surface area contributed by atoms with Gasteiger partial charge in [-0.2, -0.15) is 13.2 Å². The number of carbonyl (C=O) groups excluding carboxylic acids is 1. The first kappa shape index (κ1) is 22.3. The third-order valence-corrected chi connectivity index (χ3v) is 5.61. The monoisotopic (exact) mass is 422 g/mol. The largest absolute Gasteiger partial charge is 0.418 e. The number of benzene rings is 1. The highest BCUT2D eigenvalue weighted by atomic mass is 19.4. The molecule has 1 saturated heterocycles. The van der Waals surface area contributed by atoms with Crippen molar-refractivity contribution in [3.05, 3.63) is 36.0 Å². The van der Waals surface area contributed by atoms with Gasteiger partial charge in [0.05, 0.1) is 11.1 Å². The quantitative estimate of drug-likeness (QED) is 0.765. The summed E-state index contributed by atoms with van der Waals surface area (Å²) in [7, 11) is 0. The van der Waals surface area contributed by atoms with Crippen LogP contribution in [0, 0.1) is 11.3 Å². The zero-order valence-corrected chi connectivity index (χ0v) is 17.6. The Balaban J connectivity index is 1.85. The molecule has 3 rings (SSSR count). The van der Waals surface area contributed by atoms with Gasteiger partial charge in [-0.05, 0) is 48.6 Å². The van der Waals surface area contributed by atoms with Crippen molar-refractivity contribution in [2.75, 3.05) is 24.5 Å². The fourth-order valence-corrected chi connectivity index (χ4v) is 4.10. The molecule has 1 fully saturated rings. The van der Waals surface area contributed by atoms with Crippen LogP contribution in [0.15, 0.2) is 30.5 Å². The maximum absolute atomic E-state index is 13.4. The lowest BCUT2D eigenvalue weighted by Crippen LogP contribution is -2.51. The summed E-state index contributed by atoms with van der Waals surface area (Å²) in [4.78, 5) is 18.5. The number of hydrogen-bond acceptors (Lipinski definition) is 4. The molecule has 30 heavy (non-hydrogen) atoms. The minimum absolute atomic E-state index is 0.0500. The van der Waals surface area contributed by atoms with Gasteiger partial charge in [-0.25, -0.2) is 0 Å². The van der Waals surface area contributed by atoms with Crippen LogP contribution in [-0.4, -0.2) is 36.6 Å². The van der Waals surface area contributed by atoms with Crippen molar-refractivity contribution in [2.24, 2.45) is 17.1 Å². The van der Waals surface area contributed by atoms with Gasteiger partial charge < -0.3 is 16.0 Å². The van der Waals surface area contributed by atoms with Crippen molar-refractivity contribution in [3.8, 4) is 0 Å². The first-order valence-electron chi connectivity index (χ1n) is 10.2. The van der Waals surface area contributed by atoms with Crippen LogP contribution in [0.25, 0.3) is 10.9 Å². The van der Waals surface area contributed by atoms with Gasteiger partial charge in [0.25, 0.3) is 0 Å². The number of nitrogens with one attached hydrogen (secondary N) is 1. The third-order valence-electron chi connectivity index (χ3n) is 5.61. The summed E-state index contributed by atoms with van der Waals surface area (Å²) < 4.78 is 40.2. The standard InChI is InChI=1S/C22H29F3N4O/c1-14-9-15(28-19(30)10-21(2,3)13-26)12-29(11-14)18-7-6-17(22(23,24)25)20-16(18)5-4-8-27-20/h4-8,14-15H,9-13,26H2,1-3H3,(H,28,30)/t14-,15+/m0/s1. The molecule has 1 aromatic carbocycles. The lowest BCUT2D eigenvalue weighted by atomic mass is 9.88. The summed E-state index contributed by atoms with van der Waals surface area (Å²) in [6.07, 6.45) is -1.93. The zero-order chi connectivity index (χ0) is 22.1. The van der Waals surface area contributed by atoms with Gasteiger partial charge in [-0.15, -0.1) is 0 Å². The Morgan fingerprint density at radius 1 is 1.27 bits per heavy atom. The van der Waals surface area contributed by atoms with E-state index in [9.17, 15) is 18.0 Å². The topological polar surface area (TPSA) is 71.2 Å². The Hall–Kier alpha value is -2.35. The molecule has 1 aliphatic heterocycles. The molecule has 0 saturated carbocycles. The molecule has 3 N–H and O–H groups in total. The van der Waals surface area contributed by atoms with E-state index < -0.39 is 11.7 Å². The molecule has 0 aliphatic carbocycles. The molecule has 0 spiro atoms. The summed E-state index contributed by atoms with van der Waals surface area (Å²) >= 11 is 0. The van der Waals surface area contributed by atoms with Gasteiger partial charge in [0.2, 0.25) is 5.91 Å². The lowest BCUT2D eigenvalue weighted by molar-refractivity contribution is -0.136. The molecular formula is C22H29F3N4O. The molecule has 2 aromatic rings. The molecule has 2 atom stereocenters. The fraction of sp³-hybridized carbons (Fsp3) is 0.545. The number of fused-ring (bicyclic) bond motifs is 1. The number of pyridine rings is 1. The second-order valence-electron chi connectivity index (χ2n) is 9.08. The molecule has 1 aliphatic rings. The van der Waals surface area contributed by atoms with E-state index in [2.05, 4.69) is 22.1 Å². The van der Waals surface area contributed by atoms with Crippen LogP contribution in [-0.2, 0) is 11.0 Å². The van der Waals surface area contributed by atoms with E-state index in [4.69, 9.17) is 5.73 Å². The highest BCUT2D eigenvalue weighted by molar-refractivity contribution is 5.94. The SMILES string of the molecule is C[C@H]1C[C@@H](NC(=O)CC(C)(C)CN)CN(c2ccc(C(F)(F)F)c3ncccc23)C1. The third kappa shape index (κ3) is 5.03. The van der Waals surface area contributed by atoms with E-state index in [0.717, 1.165) is 12.5 Å². The number of nitrogens with zero attached hydrogens (tertiary/aromatic N) is 2. The highest BCUT2D eigenvalue weighted by Gasteiger charge is 2.35. The van der Waals surface area contributed by atoms with E-state index in [0.29, 0.717) is 37.1 Å². The van der Waals surface area contributed by atoms with E-state index in [1.807, 2.05) is 13.8 Å². The van der Waals surface area contributed by atoms with Gasteiger partial charge in [-0.1, -0.05) is 20.8 Å². The van der Waals surface area contributed by atoms with Crippen LogP contribution in [0.5, 0.6) is 0 Å². The van der Waals surface area contributed by atoms with Crippen LogP contribution in [0.1, 0.15) is 39.2 Å². The number of piperidine rings is 1. The van der Waals surface area contributed by atoms with Crippen molar-refractivity contribution >= 4 is 22.5 Å². The van der Waals surface area contributed by atoms with Gasteiger partial charge in [0, 0.05) is 42.8 Å². The normalized spacial score (nSPS) is 20.4. The lowest BCUT2D eigenvalue weighted by Gasteiger charge is -2.39. The van der Waals surface area contributed by atoms with Gasteiger partial charge in [0.15, 0.2) is 0 Å². The van der Waals surface area contributed by atoms with Crippen molar-refractivity contribution < 1.29 is 18.0 Å². The average molecular weight is 422 g/mol. The molecule has 5 nitrogen and oxygen atoms in total. The van der Waals surface area contributed by atoms with E-state index in [-0.39, 0.29) is 28.8 Å². The Labute approximate surface area is 174 Å². The van der Waals surface area contributed by atoms with Crippen molar-refractivity contribution in [2.45, 2.75) is 45.8 Å². The second kappa shape index (κ2) is 8.41. The summed E-state index contributed by atoms with van der Waals surface area (Å²) in [5.41, 5.74) is 5.37. The first-order chi connectivity index (χ1) is 14.0. The van der Waals surface area contributed by atoms with E-state index in [1.165, 1.54) is 12.3 Å². The fourth-order valence-electron chi connectivity index (χ4n) is 4.10. The Bertz CT molecular complexity index is 913. The molecule has 1 aromatic heterocycles. The van der Waals surface area contributed by atoms with Crippen LogP contribution in [0.3, 0.4) is 0 Å². The average Bonchev–Trinajstić information content (AvgIpc) is 2.65. The Kier molecular flexibility index (Phi) is 6.26. The zero-order valence-electron chi connectivity index (χ0n) is 17.6. The number of anilines is 1. The van der Waals surface area contributed by atoms with Crippen LogP contribution in [0.4, 0.5) is 18.9 Å². The highest BCUT2D eigenvalue weighted by Crippen LogP contribution is 2.38. The summed E-state index contributed by atoms with van der Waals surface area (Å²) in [5, 5.41) is 3.56. The number of carbonyl (C=O) groups is 1. The number of aromatic nitrogens is 1. The minimum Gasteiger partial charge on any atom is -0.369 e. The number of hydrogen-bond donors (Lipinski definition) is 2. The number of amides is 1.